The van der Waals surface area contributed by atoms with Gasteiger partial charge in [-0.3, -0.25) is 0 Å². The topological polar surface area (TPSA) is 59.6 Å². The lowest BCUT2D eigenvalue weighted by Gasteiger charge is -2.32. The number of carbonyl (C=O) groups is 1. The summed E-state index contributed by atoms with van der Waals surface area (Å²) in [5.74, 6) is 0.555. The molecule has 1 heterocycles. The molecule has 0 radical (unpaired) electrons. The number of nitrogens with one attached hydrogen (secondary N) is 2. The molecule has 2 N–H and O–H groups in total. The van der Waals surface area contributed by atoms with Gasteiger partial charge in [-0.25, -0.2) is 4.79 Å². The van der Waals surface area contributed by atoms with Crippen molar-refractivity contribution in [2.75, 3.05) is 19.7 Å². The Balaban J connectivity index is 2.13. The van der Waals surface area contributed by atoms with Crippen LogP contribution in [-0.2, 0) is 9.47 Å². The summed E-state index contributed by atoms with van der Waals surface area (Å²) in [4.78, 5) is 11.5. The lowest BCUT2D eigenvalue weighted by atomic mass is 9.95. The van der Waals surface area contributed by atoms with Crippen LogP contribution in [0.2, 0.25) is 0 Å². The zero-order valence-electron chi connectivity index (χ0n) is 13.5. The normalized spacial score (nSPS) is 23.7. The average Bonchev–Trinajstić information content (AvgIpc) is 2.33. The van der Waals surface area contributed by atoms with Crippen molar-refractivity contribution in [2.24, 2.45) is 5.92 Å². The van der Waals surface area contributed by atoms with E-state index in [4.69, 9.17) is 9.47 Å². The van der Waals surface area contributed by atoms with E-state index in [1.54, 1.807) is 0 Å². The first-order valence-corrected chi connectivity index (χ1v) is 7.60. The van der Waals surface area contributed by atoms with Gasteiger partial charge < -0.3 is 20.1 Å². The molecule has 0 bridgehead atoms. The molecule has 0 spiro atoms. The van der Waals surface area contributed by atoms with E-state index in [9.17, 15) is 4.79 Å². The third-order valence-electron chi connectivity index (χ3n) is 3.28. The van der Waals surface area contributed by atoms with Crippen LogP contribution < -0.4 is 10.6 Å². The minimum Gasteiger partial charge on any atom is -0.444 e. The van der Waals surface area contributed by atoms with Crippen LogP contribution in [0.3, 0.4) is 0 Å². The van der Waals surface area contributed by atoms with Gasteiger partial charge >= 0.3 is 6.09 Å². The van der Waals surface area contributed by atoms with Crippen molar-refractivity contribution in [2.45, 2.75) is 65.2 Å². The van der Waals surface area contributed by atoms with Gasteiger partial charge in [-0.2, -0.15) is 0 Å². The maximum atomic E-state index is 11.5. The van der Waals surface area contributed by atoms with Crippen molar-refractivity contribution < 1.29 is 14.3 Å². The second-order valence-electron chi connectivity index (χ2n) is 6.76. The van der Waals surface area contributed by atoms with Gasteiger partial charge in [0.15, 0.2) is 0 Å². The fourth-order valence-electron chi connectivity index (χ4n) is 2.23. The maximum Gasteiger partial charge on any atom is 0.407 e. The van der Waals surface area contributed by atoms with Crippen LogP contribution in [0.4, 0.5) is 4.79 Å². The van der Waals surface area contributed by atoms with Crippen molar-refractivity contribution >= 4 is 6.09 Å². The Bertz CT molecular complexity index is 300. The second kappa shape index (κ2) is 7.84. The van der Waals surface area contributed by atoms with E-state index in [-0.39, 0.29) is 6.09 Å². The molecule has 1 saturated heterocycles. The predicted octanol–water partition coefficient (Wildman–Crippen LogP) is 2.30. The highest BCUT2D eigenvalue weighted by molar-refractivity contribution is 5.67. The van der Waals surface area contributed by atoms with Crippen molar-refractivity contribution in [3.05, 3.63) is 0 Å². The van der Waals surface area contributed by atoms with Crippen LogP contribution in [0.25, 0.3) is 0 Å². The third kappa shape index (κ3) is 7.10. The van der Waals surface area contributed by atoms with Gasteiger partial charge in [0.2, 0.25) is 0 Å². The first kappa shape index (κ1) is 17.2. The molecule has 20 heavy (non-hydrogen) atoms. The van der Waals surface area contributed by atoms with Crippen molar-refractivity contribution in [1.82, 2.24) is 10.6 Å². The van der Waals surface area contributed by atoms with Crippen molar-refractivity contribution in [1.29, 1.82) is 0 Å². The van der Waals surface area contributed by atoms with Gasteiger partial charge in [0, 0.05) is 25.7 Å². The molecule has 0 aromatic heterocycles. The summed E-state index contributed by atoms with van der Waals surface area (Å²) < 4.78 is 10.9. The number of carbonyl (C=O) groups excluding carboxylic acids is 1. The molecule has 1 amide bonds. The van der Waals surface area contributed by atoms with Gasteiger partial charge in [0.05, 0.1) is 6.10 Å². The Morgan fingerprint density at radius 1 is 1.35 bits per heavy atom. The number of ether oxygens (including phenoxy) is 2. The summed E-state index contributed by atoms with van der Waals surface area (Å²) in [6, 6.07) is 0.483. The molecule has 0 saturated carbocycles. The molecule has 1 rings (SSSR count). The highest BCUT2D eigenvalue weighted by atomic mass is 16.6. The second-order valence-corrected chi connectivity index (χ2v) is 6.76. The summed E-state index contributed by atoms with van der Waals surface area (Å²) in [5, 5.41) is 6.23. The Morgan fingerprint density at radius 3 is 2.65 bits per heavy atom. The molecule has 5 nitrogen and oxygen atoms in total. The van der Waals surface area contributed by atoms with E-state index in [0.717, 1.165) is 26.0 Å². The van der Waals surface area contributed by atoms with Gasteiger partial charge in [0.25, 0.3) is 0 Å². The van der Waals surface area contributed by atoms with E-state index >= 15 is 0 Å². The minimum absolute atomic E-state index is 0.347. The zero-order chi connectivity index (χ0) is 15.2. The number of hydrogen-bond donors (Lipinski definition) is 2. The van der Waals surface area contributed by atoms with E-state index in [1.807, 2.05) is 20.8 Å². The summed E-state index contributed by atoms with van der Waals surface area (Å²) in [5.41, 5.74) is -0.442. The monoisotopic (exact) mass is 286 g/mol. The molecule has 2 unspecified atom stereocenters. The van der Waals surface area contributed by atoms with Gasteiger partial charge in [0.1, 0.15) is 5.60 Å². The largest absolute Gasteiger partial charge is 0.444 e. The standard InChI is InChI=1S/C15H30N2O3/c1-11(2)13-10-12(6-9-19-13)16-7-8-17-14(18)20-15(3,4)5/h11-13,16H,6-10H2,1-5H3,(H,17,18). The lowest BCUT2D eigenvalue weighted by molar-refractivity contribution is -0.0242. The summed E-state index contributed by atoms with van der Waals surface area (Å²) in [6.07, 6.45) is 2.08. The number of rotatable bonds is 5. The summed E-state index contributed by atoms with van der Waals surface area (Å²) >= 11 is 0. The van der Waals surface area contributed by atoms with Gasteiger partial charge in [-0.1, -0.05) is 13.8 Å². The van der Waals surface area contributed by atoms with Gasteiger partial charge in [-0.15, -0.1) is 0 Å². The molecule has 1 fully saturated rings. The molecule has 0 aromatic rings. The maximum absolute atomic E-state index is 11.5. The van der Waals surface area contributed by atoms with Crippen LogP contribution in [-0.4, -0.2) is 43.5 Å². The molecule has 0 aromatic carbocycles. The minimum atomic E-state index is -0.442. The van der Waals surface area contributed by atoms with Crippen LogP contribution in [0.1, 0.15) is 47.5 Å². The molecular formula is C15H30N2O3. The first-order valence-electron chi connectivity index (χ1n) is 7.60. The van der Waals surface area contributed by atoms with E-state index in [0.29, 0.717) is 24.6 Å². The Morgan fingerprint density at radius 2 is 2.05 bits per heavy atom. The Hall–Kier alpha value is -0.810. The summed E-state index contributed by atoms with van der Waals surface area (Å²) in [7, 11) is 0. The molecule has 1 aliphatic rings. The SMILES string of the molecule is CC(C)C1CC(NCCNC(=O)OC(C)(C)C)CCO1. The van der Waals surface area contributed by atoms with E-state index < -0.39 is 5.60 Å². The fraction of sp³-hybridized carbons (Fsp3) is 0.933. The summed E-state index contributed by atoms with van der Waals surface area (Å²) in [6.45, 7) is 12.1. The molecule has 2 atom stereocenters. The van der Waals surface area contributed by atoms with Gasteiger partial charge in [-0.05, 0) is 39.5 Å². The molecule has 1 aliphatic heterocycles. The average molecular weight is 286 g/mol. The van der Waals surface area contributed by atoms with Crippen molar-refractivity contribution in [3.8, 4) is 0 Å². The highest BCUT2D eigenvalue weighted by Crippen LogP contribution is 2.19. The van der Waals surface area contributed by atoms with E-state index in [1.165, 1.54) is 0 Å². The first-order chi connectivity index (χ1) is 9.28. The predicted molar refractivity (Wildman–Crippen MR) is 79.8 cm³/mol. The molecular weight excluding hydrogens is 256 g/mol. The van der Waals surface area contributed by atoms with E-state index in [2.05, 4.69) is 24.5 Å². The van der Waals surface area contributed by atoms with Crippen LogP contribution >= 0.6 is 0 Å². The number of alkyl carbamates (subject to hydrolysis) is 1. The molecule has 118 valence electrons. The molecule has 0 aliphatic carbocycles. The Labute approximate surface area is 122 Å². The van der Waals surface area contributed by atoms with Crippen LogP contribution in [0, 0.1) is 5.92 Å². The van der Waals surface area contributed by atoms with Crippen LogP contribution in [0.15, 0.2) is 0 Å². The number of amides is 1. The third-order valence-corrected chi connectivity index (χ3v) is 3.28. The zero-order valence-corrected chi connectivity index (χ0v) is 13.5. The lowest BCUT2D eigenvalue weighted by Crippen LogP contribution is -2.44. The van der Waals surface area contributed by atoms with Crippen LogP contribution in [0.5, 0.6) is 0 Å². The quantitative estimate of drug-likeness (QED) is 0.761. The highest BCUT2D eigenvalue weighted by Gasteiger charge is 2.24. The smallest absolute Gasteiger partial charge is 0.407 e. The Kier molecular flexibility index (Phi) is 6.76. The fourth-order valence-corrected chi connectivity index (χ4v) is 2.23. The molecule has 5 heteroatoms. The van der Waals surface area contributed by atoms with Crippen molar-refractivity contribution in [3.63, 3.8) is 0 Å². The number of hydrogen-bond acceptors (Lipinski definition) is 4.